The molecular formula is C31H31IN2O2Si. The molecule has 5 rings (SSSR count). The molecule has 37 heavy (non-hydrogen) atoms. The van der Waals surface area contributed by atoms with E-state index in [1.807, 2.05) is 31.2 Å². The fourth-order valence-electron chi connectivity index (χ4n) is 4.99. The van der Waals surface area contributed by atoms with E-state index in [0.717, 1.165) is 22.7 Å². The Balaban J connectivity index is 1.47. The predicted molar refractivity (Wildman–Crippen MR) is 162 cm³/mol. The summed E-state index contributed by atoms with van der Waals surface area (Å²) in [6.45, 7) is 8.82. The molecule has 4 nitrogen and oxygen atoms in total. The average molecular weight is 619 g/mol. The molecule has 0 spiro atoms. The summed E-state index contributed by atoms with van der Waals surface area (Å²) in [4.78, 5) is 4.80. The lowest BCUT2D eigenvalue weighted by Gasteiger charge is -2.44. The Morgan fingerprint density at radius 2 is 1.46 bits per heavy atom. The van der Waals surface area contributed by atoms with Crippen LogP contribution in [0, 0.1) is 3.57 Å². The summed E-state index contributed by atoms with van der Waals surface area (Å²) in [6, 6.07) is 33.5. The molecule has 1 atom stereocenters. The van der Waals surface area contributed by atoms with Crippen molar-refractivity contribution in [3.8, 4) is 17.0 Å². The third kappa shape index (κ3) is 5.23. The maximum absolute atomic E-state index is 7.08. The summed E-state index contributed by atoms with van der Waals surface area (Å²) in [7, 11) is -2.71. The number of imidazole rings is 1. The molecule has 3 aromatic carbocycles. The van der Waals surface area contributed by atoms with E-state index in [1.165, 1.54) is 13.9 Å². The van der Waals surface area contributed by atoms with E-state index in [1.54, 1.807) is 0 Å². The molecule has 0 saturated carbocycles. The van der Waals surface area contributed by atoms with Crippen molar-refractivity contribution in [2.45, 2.75) is 39.0 Å². The number of halogens is 1. The molecule has 0 amide bonds. The van der Waals surface area contributed by atoms with Crippen LogP contribution in [0.2, 0.25) is 5.04 Å². The van der Waals surface area contributed by atoms with Crippen molar-refractivity contribution >= 4 is 46.9 Å². The van der Waals surface area contributed by atoms with Crippen molar-refractivity contribution in [3.63, 3.8) is 0 Å². The van der Waals surface area contributed by atoms with E-state index < -0.39 is 14.6 Å². The Bertz CT molecular complexity index is 1460. The van der Waals surface area contributed by atoms with Crippen LogP contribution in [0.15, 0.2) is 109 Å². The standard InChI is InChI=1S/C31H31IN2O2Si/c1-23(35-26-13-11-12-24(20-26)29-22-34-21-25(32)18-19-30(34)33-29)36-37(31(2,3)4,27-14-7-5-8-15-27)28-16-9-6-10-17-28/h5-23H,1-4H3. The third-order valence-electron chi connectivity index (χ3n) is 6.61. The van der Waals surface area contributed by atoms with E-state index in [-0.39, 0.29) is 5.04 Å². The lowest BCUT2D eigenvalue weighted by molar-refractivity contribution is 0.0138. The molecule has 188 valence electrons. The van der Waals surface area contributed by atoms with Crippen molar-refractivity contribution < 1.29 is 9.16 Å². The number of aromatic nitrogens is 2. The molecule has 0 bridgehead atoms. The normalized spacial score (nSPS) is 13.0. The van der Waals surface area contributed by atoms with Gasteiger partial charge in [0.2, 0.25) is 0 Å². The first kappa shape index (κ1) is 25.7. The van der Waals surface area contributed by atoms with Crippen LogP contribution in [0.25, 0.3) is 16.9 Å². The molecule has 0 radical (unpaired) electrons. The topological polar surface area (TPSA) is 35.8 Å². The zero-order valence-electron chi connectivity index (χ0n) is 21.6. The molecule has 2 aromatic heterocycles. The number of hydrogen-bond acceptors (Lipinski definition) is 3. The molecule has 1 unspecified atom stereocenters. The highest BCUT2D eigenvalue weighted by Crippen LogP contribution is 2.38. The van der Waals surface area contributed by atoms with Gasteiger partial charge < -0.3 is 13.6 Å². The highest BCUT2D eigenvalue weighted by atomic mass is 127. The number of benzene rings is 3. The van der Waals surface area contributed by atoms with Crippen molar-refractivity contribution in [2.24, 2.45) is 0 Å². The zero-order valence-corrected chi connectivity index (χ0v) is 24.7. The van der Waals surface area contributed by atoms with Crippen LogP contribution in [0.4, 0.5) is 0 Å². The van der Waals surface area contributed by atoms with E-state index >= 15 is 0 Å². The lowest BCUT2D eigenvalue weighted by Crippen LogP contribution is -2.67. The van der Waals surface area contributed by atoms with Gasteiger partial charge in [0.25, 0.3) is 8.32 Å². The van der Waals surface area contributed by atoms with Crippen LogP contribution in [0.1, 0.15) is 27.7 Å². The van der Waals surface area contributed by atoms with E-state index in [2.05, 4.69) is 133 Å². The minimum Gasteiger partial charge on any atom is -0.466 e. The fraction of sp³-hybridized carbons (Fsp3) is 0.194. The number of ether oxygens (including phenoxy) is 1. The summed E-state index contributed by atoms with van der Waals surface area (Å²) in [6.07, 6.45) is 3.68. The largest absolute Gasteiger partial charge is 0.466 e. The van der Waals surface area contributed by atoms with Gasteiger partial charge in [-0.2, -0.15) is 0 Å². The molecule has 0 aliphatic carbocycles. The van der Waals surface area contributed by atoms with Crippen LogP contribution < -0.4 is 15.1 Å². The molecule has 6 heteroatoms. The van der Waals surface area contributed by atoms with Crippen LogP contribution in [-0.2, 0) is 4.43 Å². The summed E-state index contributed by atoms with van der Waals surface area (Å²) < 4.78 is 16.7. The molecule has 0 saturated heterocycles. The van der Waals surface area contributed by atoms with Gasteiger partial charge in [0, 0.05) is 21.5 Å². The molecule has 2 heterocycles. The second kappa shape index (κ2) is 10.4. The maximum Gasteiger partial charge on any atom is 0.265 e. The van der Waals surface area contributed by atoms with E-state index in [9.17, 15) is 0 Å². The first-order valence-corrected chi connectivity index (χ1v) is 15.5. The number of pyridine rings is 1. The van der Waals surface area contributed by atoms with Crippen molar-refractivity contribution in [1.82, 2.24) is 9.38 Å². The second-order valence-corrected chi connectivity index (χ2v) is 15.7. The molecular weight excluding hydrogens is 587 g/mol. The van der Waals surface area contributed by atoms with Crippen molar-refractivity contribution in [2.75, 3.05) is 0 Å². The number of hydrogen-bond donors (Lipinski definition) is 0. The quantitative estimate of drug-likeness (QED) is 0.113. The SMILES string of the molecule is CC(Oc1cccc(-c2cn3cc(I)ccc3n2)c1)O[Si](c1ccccc1)(c1ccccc1)C(C)(C)C. The van der Waals surface area contributed by atoms with Crippen LogP contribution in [0.5, 0.6) is 5.75 Å². The third-order valence-corrected chi connectivity index (χ3v) is 12.3. The van der Waals surface area contributed by atoms with Crippen molar-refractivity contribution in [3.05, 3.63) is 113 Å². The smallest absolute Gasteiger partial charge is 0.265 e. The lowest BCUT2D eigenvalue weighted by atomic mass is 10.1. The van der Waals surface area contributed by atoms with Gasteiger partial charge in [0.1, 0.15) is 11.4 Å². The van der Waals surface area contributed by atoms with Gasteiger partial charge in [-0.05, 0) is 69.2 Å². The Labute approximate surface area is 233 Å². The summed E-state index contributed by atoms with van der Waals surface area (Å²) in [5.41, 5.74) is 2.84. The monoisotopic (exact) mass is 618 g/mol. The van der Waals surface area contributed by atoms with Gasteiger partial charge in [-0.1, -0.05) is 93.6 Å². The number of fused-ring (bicyclic) bond motifs is 1. The Kier molecular flexibility index (Phi) is 7.25. The average Bonchev–Trinajstić information content (AvgIpc) is 3.31. The molecule has 0 fully saturated rings. The van der Waals surface area contributed by atoms with Gasteiger partial charge in [-0.15, -0.1) is 0 Å². The summed E-state index contributed by atoms with van der Waals surface area (Å²) in [5.74, 6) is 0.759. The molecule has 5 aromatic rings. The molecule has 0 aliphatic rings. The minimum atomic E-state index is -2.71. The van der Waals surface area contributed by atoms with Gasteiger partial charge in [-0.25, -0.2) is 4.98 Å². The maximum atomic E-state index is 7.08. The Morgan fingerprint density at radius 1 is 0.811 bits per heavy atom. The minimum absolute atomic E-state index is 0.122. The van der Waals surface area contributed by atoms with Crippen LogP contribution in [0.3, 0.4) is 0 Å². The summed E-state index contributed by atoms with van der Waals surface area (Å²) >= 11 is 2.32. The first-order valence-electron chi connectivity index (χ1n) is 12.5. The highest BCUT2D eigenvalue weighted by molar-refractivity contribution is 14.1. The van der Waals surface area contributed by atoms with Gasteiger partial charge >= 0.3 is 0 Å². The van der Waals surface area contributed by atoms with Crippen LogP contribution >= 0.6 is 22.6 Å². The first-order chi connectivity index (χ1) is 17.8. The second-order valence-electron chi connectivity index (χ2n) is 10.2. The van der Waals surface area contributed by atoms with Gasteiger partial charge in [-0.3, -0.25) is 0 Å². The Morgan fingerprint density at radius 3 is 2.08 bits per heavy atom. The van der Waals surface area contributed by atoms with E-state index in [0.29, 0.717) is 0 Å². The van der Waals surface area contributed by atoms with Gasteiger partial charge in [0.15, 0.2) is 6.29 Å². The molecule has 0 aliphatic heterocycles. The Hall–Kier alpha value is -2.94. The van der Waals surface area contributed by atoms with Gasteiger partial charge in [0.05, 0.1) is 5.69 Å². The fourth-order valence-corrected chi connectivity index (χ4v) is 10.0. The van der Waals surface area contributed by atoms with E-state index in [4.69, 9.17) is 14.1 Å². The summed E-state index contributed by atoms with van der Waals surface area (Å²) in [5, 5.41) is 2.35. The number of rotatable bonds is 7. The number of nitrogens with zero attached hydrogens (tertiary/aromatic N) is 2. The van der Waals surface area contributed by atoms with Crippen molar-refractivity contribution in [1.29, 1.82) is 0 Å². The predicted octanol–water partition coefficient (Wildman–Crippen LogP) is 6.91. The van der Waals surface area contributed by atoms with Crippen LogP contribution in [-0.4, -0.2) is 24.0 Å². The highest BCUT2D eigenvalue weighted by Gasteiger charge is 2.51. The molecule has 0 N–H and O–H groups in total. The zero-order chi connectivity index (χ0) is 26.0.